The number of nitrogens with zero attached hydrogens (tertiary/aromatic N) is 3. The van der Waals surface area contributed by atoms with Crippen LogP contribution in [0.1, 0.15) is 49.6 Å². The Hall–Kier alpha value is -2.05. The van der Waals surface area contributed by atoms with E-state index in [9.17, 15) is 0 Å². The van der Waals surface area contributed by atoms with E-state index in [2.05, 4.69) is 53.4 Å². The Morgan fingerprint density at radius 2 is 2.04 bits per heavy atom. The highest BCUT2D eigenvalue weighted by atomic mass is 32.1. The Kier molecular flexibility index (Phi) is 4.36. The Labute approximate surface area is 170 Å². The molecule has 2 aromatic rings. The maximum Gasteiger partial charge on any atom is 0.200 e. The van der Waals surface area contributed by atoms with Crippen molar-refractivity contribution in [3.63, 3.8) is 0 Å². The molecule has 0 amide bonds. The smallest absolute Gasteiger partial charge is 0.200 e. The molecule has 1 atom stereocenters. The first-order valence-corrected chi connectivity index (χ1v) is 11.0. The Morgan fingerprint density at radius 1 is 1.21 bits per heavy atom. The summed E-state index contributed by atoms with van der Waals surface area (Å²) in [5.41, 5.74) is 1.97. The van der Waals surface area contributed by atoms with Gasteiger partial charge in [0, 0.05) is 44.0 Å². The van der Waals surface area contributed by atoms with Crippen molar-refractivity contribution in [1.29, 1.82) is 0 Å². The van der Waals surface area contributed by atoms with Crippen LogP contribution in [0.4, 0.5) is 0 Å². The molecule has 1 saturated heterocycles. The number of likely N-dealkylation sites (tertiary alicyclic amines) is 1. The Morgan fingerprint density at radius 3 is 2.71 bits per heavy atom. The summed E-state index contributed by atoms with van der Waals surface area (Å²) in [5, 5.41) is 9.53. The van der Waals surface area contributed by atoms with Gasteiger partial charge in [0.2, 0.25) is 5.72 Å². The van der Waals surface area contributed by atoms with Crippen molar-refractivity contribution >= 4 is 17.0 Å². The molecule has 6 heteroatoms. The minimum atomic E-state index is -0.392. The average molecular weight is 398 g/mol. The number of thiophene rings is 1. The number of rotatable bonds is 3. The van der Waals surface area contributed by atoms with Crippen molar-refractivity contribution in [2.24, 2.45) is 5.10 Å². The van der Waals surface area contributed by atoms with E-state index in [-0.39, 0.29) is 6.04 Å². The number of para-hydroxylation sites is 1. The summed E-state index contributed by atoms with van der Waals surface area (Å²) in [7, 11) is 1.72. The molecule has 0 radical (unpaired) electrons. The number of methoxy groups -OCH3 is 1. The standard InChI is InChI=1S/C22H27N3O2S/c1-15(2)24-11-9-22(10-12-24)25-18(14-17(23-25)20-8-5-13-28-20)16-6-4-7-19(26-3)21(16)27-22/h4-8,13,15,18H,9-12,14H2,1-3H3/t18-/m1/s1. The third kappa shape index (κ3) is 2.73. The number of ether oxygens (including phenoxy) is 2. The summed E-state index contributed by atoms with van der Waals surface area (Å²) < 4.78 is 12.4. The first kappa shape index (κ1) is 18.0. The van der Waals surface area contributed by atoms with Crippen LogP contribution in [0.2, 0.25) is 0 Å². The second-order valence-corrected chi connectivity index (χ2v) is 9.09. The van der Waals surface area contributed by atoms with Crippen molar-refractivity contribution < 1.29 is 9.47 Å². The fourth-order valence-electron chi connectivity index (χ4n) is 4.74. The molecule has 0 bridgehead atoms. The maximum atomic E-state index is 6.76. The quantitative estimate of drug-likeness (QED) is 0.764. The van der Waals surface area contributed by atoms with Gasteiger partial charge < -0.3 is 14.4 Å². The zero-order valence-electron chi connectivity index (χ0n) is 16.7. The lowest BCUT2D eigenvalue weighted by Gasteiger charge is -2.51. The minimum absolute atomic E-state index is 0.210. The largest absolute Gasteiger partial charge is 0.493 e. The van der Waals surface area contributed by atoms with Crippen LogP contribution in [0.5, 0.6) is 11.5 Å². The molecular weight excluding hydrogens is 370 g/mol. The van der Waals surface area contributed by atoms with Gasteiger partial charge in [0.1, 0.15) is 0 Å². The van der Waals surface area contributed by atoms with Gasteiger partial charge in [0.05, 0.1) is 23.7 Å². The number of hydrogen-bond donors (Lipinski definition) is 0. The third-order valence-electron chi connectivity index (χ3n) is 6.32. The molecule has 0 unspecified atom stereocenters. The topological polar surface area (TPSA) is 37.3 Å². The molecule has 28 heavy (non-hydrogen) atoms. The van der Waals surface area contributed by atoms with Crippen molar-refractivity contribution in [2.45, 2.75) is 50.9 Å². The van der Waals surface area contributed by atoms with Crippen molar-refractivity contribution in [3.8, 4) is 11.5 Å². The molecule has 1 aromatic carbocycles. The van der Waals surface area contributed by atoms with Crippen LogP contribution in [0.25, 0.3) is 0 Å². The summed E-state index contributed by atoms with van der Waals surface area (Å²) in [6.45, 7) is 6.58. The predicted octanol–water partition coefficient (Wildman–Crippen LogP) is 4.50. The van der Waals surface area contributed by atoms with E-state index >= 15 is 0 Å². The van der Waals surface area contributed by atoms with E-state index in [0.29, 0.717) is 6.04 Å². The molecule has 4 heterocycles. The van der Waals surface area contributed by atoms with Crippen molar-refractivity contribution in [1.82, 2.24) is 9.91 Å². The molecule has 0 N–H and O–H groups in total. The molecule has 5 rings (SSSR count). The first-order valence-electron chi connectivity index (χ1n) is 10.1. The molecule has 1 aromatic heterocycles. The fraction of sp³-hybridized carbons (Fsp3) is 0.500. The average Bonchev–Trinajstić information content (AvgIpc) is 3.38. The van der Waals surface area contributed by atoms with Gasteiger partial charge in [-0.15, -0.1) is 11.3 Å². The van der Waals surface area contributed by atoms with Crippen LogP contribution < -0.4 is 9.47 Å². The number of hydrazone groups is 1. The lowest BCUT2D eigenvalue weighted by atomic mass is 9.90. The van der Waals surface area contributed by atoms with Crippen molar-refractivity contribution in [2.75, 3.05) is 20.2 Å². The first-order chi connectivity index (χ1) is 13.6. The molecule has 148 valence electrons. The number of piperidine rings is 1. The molecule has 3 aliphatic heterocycles. The highest BCUT2D eigenvalue weighted by molar-refractivity contribution is 7.12. The van der Waals surface area contributed by atoms with Gasteiger partial charge in [-0.05, 0) is 31.4 Å². The van der Waals surface area contributed by atoms with E-state index in [0.717, 1.165) is 43.9 Å². The molecule has 3 aliphatic rings. The van der Waals surface area contributed by atoms with Crippen LogP contribution in [-0.4, -0.2) is 47.6 Å². The highest BCUT2D eigenvalue weighted by Crippen LogP contribution is 2.52. The Balaban J connectivity index is 1.57. The van der Waals surface area contributed by atoms with Gasteiger partial charge in [-0.3, -0.25) is 0 Å². The summed E-state index contributed by atoms with van der Waals surface area (Å²) in [5.74, 6) is 1.74. The molecule has 5 nitrogen and oxygen atoms in total. The zero-order valence-corrected chi connectivity index (χ0v) is 17.5. The second kappa shape index (κ2) is 6.78. The SMILES string of the molecule is COc1cccc2c1OC1(CCN(C(C)C)CC1)N1N=C(c3cccs3)C[C@H]21. The van der Waals surface area contributed by atoms with Crippen LogP contribution in [-0.2, 0) is 0 Å². The van der Waals surface area contributed by atoms with Gasteiger partial charge in [0.25, 0.3) is 0 Å². The normalized spacial score (nSPS) is 23.4. The summed E-state index contributed by atoms with van der Waals surface area (Å²) in [6, 6.07) is 11.3. The second-order valence-electron chi connectivity index (χ2n) is 8.15. The van der Waals surface area contributed by atoms with E-state index in [4.69, 9.17) is 14.6 Å². The highest BCUT2D eigenvalue weighted by Gasteiger charge is 2.52. The van der Waals surface area contributed by atoms with Crippen LogP contribution in [0, 0.1) is 0 Å². The van der Waals surface area contributed by atoms with E-state index < -0.39 is 5.72 Å². The Bertz CT molecular complexity index is 885. The van der Waals surface area contributed by atoms with Gasteiger partial charge in [-0.1, -0.05) is 18.2 Å². The summed E-state index contributed by atoms with van der Waals surface area (Å²) >= 11 is 1.76. The van der Waals surface area contributed by atoms with Gasteiger partial charge in [-0.2, -0.15) is 5.10 Å². The van der Waals surface area contributed by atoms with E-state index in [1.165, 1.54) is 16.2 Å². The molecule has 0 aliphatic carbocycles. The monoisotopic (exact) mass is 397 g/mol. The van der Waals surface area contributed by atoms with Crippen LogP contribution in [0.3, 0.4) is 0 Å². The zero-order chi connectivity index (χ0) is 19.3. The van der Waals surface area contributed by atoms with Crippen LogP contribution >= 0.6 is 11.3 Å². The third-order valence-corrected chi connectivity index (χ3v) is 7.24. The molecular formula is C22H27N3O2S. The molecule has 1 spiro atoms. The minimum Gasteiger partial charge on any atom is -0.493 e. The summed E-state index contributed by atoms with van der Waals surface area (Å²) in [4.78, 5) is 3.79. The van der Waals surface area contributed by atoms with Crippen LogP contribution in [0.15, 0.2) is 40.8 Å². The van der Waals surface area contributed by atoms with Crippen molar-refractivity contribution in [3.05, 3.63) is 46.2 Å². The molecule has 0 saturated carbocycles. The molecule has 1 fully saturated rings. The lowest BCUT2D eigenvalue weighted by Crippen LogP contribution is -2.59. The van der Waals surface area contributed by atoms with Gasteiger partial charge in [-0.25, -0.2) is 5.01 Å². The van der Waals surface area contributed by atoms with E-state index in [1.807, 2.05) is 6.07 Å². The maximum absolute atomic E-state index is 6.76. The number of benzene rings is 1. The summed E-state index contributed by atoms with van der Waals surface area (Å²) in [6.07, 6.45) is 2.81. The lowest BCUT2D eigenvalue weighted by molar-refractivity contribution is -0.153. The van der Waals surface area contributed by atoms with E-state index in [1.54, 1.807) is 18.4 Å². The number of hydrogen-bond acceptors (Lipinski definition) is 6. The van der Waals surface area contributed by atoms with Gasteiger partial charge >= 0.3 is 0 Å². The predicted molar refractivity (Wildman–Crippen MR) is 112 cm³/mol. The van der Waals surface area contributed by atoms with Gasteiger partial charge in [0.15, 0.2) is 11.5 Å². The number of fused-ring (bicyclic) bond motifs is 4. The fourth-order valence-corrected chi connectivity index (χ4v) is 5.46.